The van der Waals surface area contributed by atoms with Gasteiger partial charge >= 0.3 is 0 Å². The van der Waals surface area contributed by atoms with Crippen LogP contribution in [0.4, 0.5) is 0 Å². The summed E-state index contributed by atoms with van der Waals surface area (Å²) in [7, 11) is 0. The highest BCUT2D eigenvalue weighted by Crippen LogP contribution is 2.12. The zero-order chi connectivity index (χ0) is 13.5. The van der Waals surface area contributed by atoms with Gasteiger partial charge in [-0.05, 0) is 24.3 Å². The van der Waals surface area contributed by atoms with Gasteiger partial charge in [0.05, 0.1) is 0 Å². The van der Waals surface area contributed by atoms with Crippen molar-refractivity contribution in [2.45, 2.75) is 0 Å². The predicted molar refractivity (Wildman–Crippen MR) is 71.5 cm³/mol. The van der Waals surface area contributed by atoms with E-state index in [1.807, 2.05) is 0 Å². The van der Waals surface area contributed by atoms with Gasteiger partial charge in [-0.1, -0.05) is 22.5 Å². The topological polar surface area (TPSA) is 81.4 Å². The van der Waals surface area contributed by atoms with E-state index in [0.717, 1.165) is 0 Å². The average molecular weight is 313 g/mol. The summed E-state index contributed by atoms with van der Waals surface area (Å²) in [5.74, 6) is -0.278. The molecule has 3 N–H and O–H groups in total. The lowest BCUT2D eigenvalue weighted by Gasteiger charge is -2.06. The third-order valence-corrected chi connectivity index (χ3v) is 2.22. The van der Waals surface area contributed by atoms with Crippen molar-refractivity contribution in [1.29, 1.82) is 0 Å². The number of nitrogens with two attached hydrogens (primary N) is 1. The van der Waals surface area contributed by atoms with Crippen molar-refractivity contribution in [3.05, 3.63) is 40.9 Å². The molecule has 0 aliphatic rings. The van der Waals surface area contributed by atoms with Crippen LogP contribution in [0.1, 0.15) is 10.4 Å². The number of amides is 2. The van der Waals surface area contributed by atoms with Crippen molar-refractivity contribution in [3.63, 3.8) is 0 Å². The molecule has 1 aromatic carbocycles. The van der Waals surface area contributed by atoms with E-state index in [-0.39, 0.29) is 12.5 Å². The molecular formula is C12H13BrN2O3. The Kier molecular flexibility index (Phi) is 5.38. The Hall–Kier alpha value is -1.82. The average Bonchev–Trinajstić information content (AvgIpc) is 2.34. The molecule has 0 saturated carbocycles. The highest BCUT2D eigenvalue weighted by atomic mass is 79.9. The highest BCUT2D eigenvalue weighted by Gasteiger charge is 2.05. The lowest BCUT2D eigenvalue weighted by atomic mass is 10.2. The summed E-state index contributed by atoms with van der Waals surface area (Å²) in [5, 5.41) is 2.67. The number of halogens is 1. The Bertz CT molecular complexity index is 457. The van der Waals surface area contributed by atoms with Crippen LogP contribution in [0.5, 0.6) is 5.75 Å². The van der Waals surface area contributed by atoms with Gasteiger partial charge in [0, 0.05) is 16.6 Å². The molecule has 2 amide bonds. The van der Waals surface area contributed by atoms with Crippen LogP contribution >= 0.6 is 15.9 Å². The van der Waals surface area contributed by atoms with Gasteiger partial charge in [0.25, 0.3) is 11.8 Å². The van der Waals surface area contributed by atoms with Crippen LogP contribution in [-0.4, -0.2) is 25.0 Å². The van der Waals surface area contributed by atoms with Gasteiger partial charge in [-0.15, -0.1) is 0 Å². The molecule has 0 spiro atoms. The van der Waals surface area contributed by atoms with Crippen molar-refractivity contribution < 1.29 is 14.3 Å². The molecular weight excluding hydrogens is 300 g/mol. The Morgan fingerprint density at radius 2 is 1.94 bits per heavy atom. The molecule has 0 aliphatic carbocycles. The van der Waals surface area contributed by atoms with Crippen LogP contribution in [0.25, 0.3) is 0 Å². The fourth-order valence-corrected chi connectivity index (χ4v) is 1.28. The van der Waals surface area contributed by atoms with E-state index in [1.165, 1.54) is 0 Å². The van der Waals surface area contributed by atoms with Gasteiger partial charge in [-0.25, -0.2) is 0 Å². The summed E-state index contributed by atoms with van der Waals surface area (Å²) >= 11 is 3.15. The minimum absolute atomic E-state index is 0.186. The maximum atomic E-state index is 11.6. The number of hydrogen-bond acceptors (Lipinski definition) is 3. The maximum Gasteiger partial charge on any atom is 0.255 e. The normalized spacial score (nSPS) is 9.61. The third-order valence-electron chi connectivity index (χ3n) is 1.94. The number of hydrogen-bond donors (Lipinski definition) is 2. The van der Waals surface area contributed by atoms with Crippen LogP contribution < -0.4 is 15.8 Å². The van der Waals surface area contributed by atoms with E-state index >= 15 is 0 Å². The zero-order valence-electron chi connectivity index (χ0n) is 9.61. The van der Waals surface area contributed by atoms with E-state index < -0.39 is 5.91 Å². The molecule has 18 heavy (non-hydrogen) atoms. The zero-order valence-corrected chi connectivity index (χ0v) is 11.2. The van der Waals surface area contributed by atoms with Crippen LogP contribution in [0.2, 0.25) is 0 Å². The molecule has 0 atom stereocenters. The summed E-state index contributed by atoms with van der Waals surface area (Å²) < 4.78 is 5.76. The lowest BCUT2D eigenvalue weighted by molar-refractivity contribution is -0.119. The first-order valence-corrected chi connectivity index (χ1v) is 5.91. The van der Waals surface area contributed by atoms with Crippen LogP contribution in [0, 0.1) is 0 Å². The predicted octanol–water partition coefficient (Wildman–Crippen LogP) is 1.19. The number of carbonyl (C=O) groups excluding carboxylic acids is 2. The SMILES string of the molecule is C=C(Br)CNC(=O)c1ccc(OCC(N)=O)cc1. The first kappa shape index (κ1) is 14.2. The molecule has 0 aromatic heterocycles. The van der Waals surface area contributed by atoms with Crippen LogP contribution in [-0.2, 0) is 4.79 Å². The number of ether oxygens (including phenoxy) is 1. The van der Waals surface area contributed by atoms with E-state index in [0.29, 0.717) is 22.3 Å². The van der Waals surface area contributed by atoms with Gasteiger partial charge in [0.2, 0.25) is 0 Å². The van der Waals surface area contributed by atoms with E-state index in [4.69, 9.17) is 10.5 Å². The summed E-state index contributed by atoms with van der Waals surface area (Å²) in [6.07, 6.45) is 0. The highest BCUT2D eigenvalue weighted by molar-refractivity contribution is 9.11. The molecule has 0 fully saturated rings. The second kappa shape index (κ2) is 6.80. The minimum atomic E-state index is -0.548. The first-order chi connectivity index (χ1) is 8.49. The standard InChI is InChI=1S/C12H13BrN2O3/c1-8(13)6-15-12(17)9-2-4-10(5-3-9)18-7-11(14)16/h2-5H,1,6-7H2,(H2,14,16)(H,15,17). The van der Waals surface area contributed by atoms with Crippen molar-refractivity contribution >= 4 is 27.7 Å². The van der Waals surface area contributed by atoms with Crippen LogP contribution in [0.15, 0.2) is 35.3 Å². The van der Waals surface area contributed by atoms with Gasteiger partial charge < -0.3 is 15.8 Å². The molecule has 0 saturated heterocycles. The van der Waals surface area contributed by atoms with Crippen LogP contribution in [0.3, 0.4) is 0 Å². The third kappa shape index (κ3) is 5.01. The second-order valence-electron chi connectivity index (χ2n) is 3.48. The molecule has 0 radical (unpaired) electrons. The van der Waals surface area contributed by atoms with Crippen molar-refractivity contribution in [3.8, 4) is 5.75 Å². The fraction of sp³-hybridized carbons (Fsp3) is 0.167. The Morgan fingerprint density at radius 1 is 1.33 bits per heavy atom. The molecule has 1 rings (SSSR count). The van der Waals surface area contributed by atoms with Gasteiger partial charge in [-0.2, -0.15) is 0 Å². The molecule has 6 heteroatoms. The molecule has 1 aromatic rings. The van der Waals surface area contributed by atoms with Crippen molar-refractivity contribution in [2.24, 2.45) is 5.73 Å². The number of carbonyl (C=O) groups is 2. The number of primary amides is 1. The van der Waals surface area contributed by atoms with Gasteiger partial charge in [-0.3, -0.25) is 9.59 Å². The second-order valence-corrected chi connectivity index (χ2v) is 4.60. The van der Waals surface area contributed by atoms with E-state index in [1.54, 1.807) is 24.3 Å². The number of nitrogens with one attached hydrogen (secondary N) is 1. The van der Waals surface area contributed by atoms with Gasteiger partial charge in [0.1, 0.15) is 5.75 Å². The van der Waals surface area contributed by atoms with E-state index in [2.05, 4.69) is 27.8 Å². The Balaban J connectivity index is 2.56. The molecule has 0 heterocycles. The number of benzene rings is 1. The number of rotatable bonds is 6. The maximum absolute atomic E-state index is 11.6. The molecule has 0 unspecified atom stereocenters. The van der Waals surface area contributed by atoms with Crippen molar-refractivity contribution in [1.82, 2.24) is 5.32 Å². The smallest absolute Gasteiger partial charge is 0.255 e. The first-order valence-electron chi connectivity index (χ1n) is 5.11. The van der Waals surface area contributed by atoms with Gasteiger partial charge in [0.15, 0.2) is 6.61 Å². The van der Waals surface area contributed by atoms with E-state index in [9.17, 15) is 9.59 Å². The molecule has 5 nitrogen and oxygen atoms in total. The monoisotopic (exact) mass is 312 g/mol. The lowest BCUT2D eigenvalue weighted by Crippen LogP contribution is -2.24. The molecule has 96 valence electrons. The Morgan fingerprint density at radius 3 is 2.44 bits per heavy atom. The summed E-state index contributed by atoms with van der Waals surface area (Å²) in [4.78, 5) is 22.2. The summed E-state index contributed by atoms with van der Waals surface area (Å²) in [5.41, 5.74) is 5.44. The molecule has 0 aliphatic heterocycles. The summed E-state index contributed by atoms with van der Waals surface area (Å²) in [6, 6.07) is 6.40. The quantitative estimate of drug-likeness (QED) is 0.828. The van der Waals surface area contributed by atoms with Crippen molar-refractivity contribution in [2.75, 3.05) is 13.2 Å². The Labute approximate surface area is 113 Å². The minimum Gasteiger partial charge on any atom is -0.484 e. The summed E-state index contributed by atoms with van der Waals surface area (Å²) in [6.45, 7) is 3.79. The largest absolute Gasteiger partial charge is 0.484 e. The molecule has 0 bridgehead atoms. The fourth-order valence-electron chi connectivity index (χ4n) is 1.14.